The number of esters is 1. The number of hydrogen-bond acceptors (Lipinski definition) is 2. The van der Waals surface area contributed by atoms with Crippen LogP contribution in [0, 0.1) is 0 Å². The van der Waals surface area contributed by atoms with Crippen LogP contribution in [0.15, 0.2) is 12.2 Å². The highest BCUT2D eigenvalue weighted by molar-refractivity contribution is 5.71. The Morgan fingerprint density at radius 2 is 2.00 bits per heavy atom. The Labute approximate surface area is 99.1 Å². The number of carbonyl (C=O) groups excluding carboxylic acids is 1. The molecule has 92 valence electrons. The zero-order valence-electron chi connectivity index (χ0n) is 10.4. The Bertz CT molecular complexity index is 221. The molecule has 1 atom stereocenters. The van der Waals surface area contributed by atoms with Gasteiger partial charge in [-0.2, -0.15) is 0 Å². The number of ether oxygens (including phenoxy) is 1. The highest BCUT2D eigenvalue weighted by Gasteiger charge is 2.19. The fourth-order valence-electron chi connectivity index (χ4n) is 1.97. The van der Waals surface area contributed by atoms with Crippen LogP contribution in [-0.4, -0.2) is 12.1 Å². The summed E-state index contributed by atoms with van der Waals surface area (Å²) in [5, 5.41) is 0. The molecule has 0 radical (unpaired) electrons. The zero-order chi connectivity index (χ0) is 11.6. The quantitative estimate of drug-likeness (QED) is 0.354. The maximum atomic E-state index is 10.8. The van der Waals surface area contributed by atoms with Gasteiger partial charge < -0.3 is 4.74 Å². The lowest BCUT2D eigenvalue weighted by Gasteiger charge is -2.01. The third kappa shape index (κ3) is 5.94. The van der Waals surface area contributed by atoms with E-state index in [4.69, 9.17) is 4.74 Å². The number of cyclic esters (lactones) is 1. The summed E-state index contributed by atoms with van der Waals surface area (Å²) in [7, 11) is 0. The Balaban J connectivity index is 1.90. The monoisotopic (exact) mass is 224 g/mol. The predicted molar refractivity (Wildman–Crippen MR) is 66.2 cm³/mol. The van der Waals surface area contributed by atoms with E-state index in [1.165, 1.54) is 38.5 Å². The summed E-state index contributed by atoms with van der Waals surface area (Å²) in [6.07, 6.45) is 14.9. The molecule has 2 heteroatoms. The fraction of sp³-hybridized carbons (Fsp3) is 0.786. The summed E-state index contributed by atoms with van der Waals surface area (Å²) in [6, 6.07) is 0. The predicted octanol–water partition coefficient (Wildman–Crippen LogP) is 4.00. The van der Waals surface area contributed by atoms with Crippen molar-refractivity contribution in [3.8, 4) is 0 Å². The van der Waals surface area contributed by atoms with Gasteiger partial charge in [0.05, 0.1) is 0 Å². The van der Waals surface area contributed by atoms with Gasteiger partial charge in [0.1, 0.15) is 6.10 Å². The molecule has 0 aromatic rings. The highest BCUT2D eigenvalue weighted by atomic mass is 16.5. The van der Waals surface area contributed by atoms with Crippen LogP contribution in [-0.2, 0) is 9.53 Å². The summed E-state index contributed by atoms with van der Waals surface area (Å²) < 4.78 is 5.10. The van der Waals surface area contributed by atoms with Crippen molar-refractivity contribution >= 4 is 5.97 Å². The minimum Gasteiger partial charge on any atom is -0.458 e. The van der Waals surface area contributed by atoms with E-state index in [0.29, 0.717) is 6.42 Å². The summed E-state index contributed by atoms with van der Waals surface area (Å²) in [6.45, 7) is 2.24. The van der Waals surface area contributed by atoms with E-state index >= 15 is 0 Å². The summed E-state index contributed by atoms with van der Waals surface area (Å²) in [5.41, 5.74) is 0. The number of hydrogen-bond donors (Lipinski definition) is 0. The van der Waals surface area contributed by atoms with E-state index < -0.39 is 0 Å². The molecule has 2 nitrogen and oxygen atoms in total. The zero-order valence-corrected chi connectivity index (χ0v) is 10.4. The van der Waals surface area contributed by atoms with Crippen LogP contribution < -0.4 is 0 Å². The van der Waals surface area contributed by atoms with E-state index in [2.05, 4.69) is 19.1 Å². The SMILES string of the molecule is CCCCCCCC/C=C/[C@H]1CCC(=O)O1. The van der Waals surface area contributed by atoms with Gasteiger partial charge in [-0.25, -0.2) is 0 Å². The van der Waals surface area contributed by atoms with Crippen LogP contribution in [0.5, 0.6) is 0 Å². The molecule has 0 saturated carbocycles. The van der Waals surface area contributed by atoms with Crippen LogP contribution in [0.3, 0.4) is 0 Å². The smallest absolute Gasteiger partial charge is 0.306 e. The highest BCUT2D eigenvalue weighted by Crippen LogP contribution is 2.15. The Morgan fingerprint density at radius 1 is 1.25 bits per heavy atom. The topological polar surface area (TPSA) is 26.3 Å². The normalized spacial score (nSPS) is 20.6. The number of allylic oxidation sites excluding steroid dienone is 1. The van der Waals surface area contributed by atoms with Crippen LogP contribution in [0.1, 0.15) is 64.7 Å². The van der Waals surface area contributed by atoms with Crippen LogP contribution in [0.25, 0.3) is 0 Å². The van der Waals surface area contributed by atoms with Gasteiger partial charge in [0, 0.05) is 6.42 Å². The number of unbranched alkanes of at least 4 members (excludes halogenated alkanes) is 6. The molecule has 1 rings (SSSR count). The van der Waals surface area contributed by atoms with Crippen molar-refractivity contribution in [2.45, 2.75) is 70.8 Å². The molecule has 1 fully saturated rings. The Morgan fingerprint density at radius 3 is 2.69 bits per heavy atom. The van der Waals surface area contributed by atoms with E-state index in [-0.39, 0.29) is 12.1 Å². The first kappa shape index (κ1) is 13.3. The van der Waals surface area contributed by atoms with Gasteiger partial charge >= 0.3 is 5.97 Å². The first-order valence-electron chi connectivity index (χ1n) is 6.69. The van der Waals surface area contributed by atoms with E-state index in [1.807, 2.05) is 0 Å². The lowest BCUT2D eigenvalue weighted by atomic mass is 10.1. The molecule has 16 heavy (non-hydrogen) atoms. The first-order chi connectivity index (χ1) is 7.83. The Hall–Kier alpha value is -0.790. The third-order valence-corrected chi connectivity index (χ3v) is 2.99. The molecule has 1 saturated heterocycles. The van der Waals surface area contributed by atoms with Gasteiger partial charge in [-0.3, -0.25) is 4.79 Å². The van der Waals surface area contributed by atoms with Gasteiger partial charge in [0.15, 0.2) is 0 Å². The maximum absolute atomic E-state index is 10.8. The molecular formula is C14H24O2. The molecule has 0 aliphatic carbocycles. The van der Waals surface area contributed by atoms with Gasteiger partial charge in [-0.1, -0.05) is 45.1 Å². The van der Waals surface area contributed by atoms with Crippen LogP contribution in [0.4, 0.5) is 0 Å². The molecule has 0 bridgehead atoms. The van der Waals surface area contributed by atoms with Crippen molar-refractivity contribution in [1.82, 2.24) is 0 Å². The number of rotatable bonds is 8. The van der Waals surface area contributed by atoms with Gasteiger partial charge in [-0.05, 0) is 25.3 Å². The molecular weight excluding hydrogens is 200 g/mol. The molecule has 1 heterocycles. The maximum Gasteiger partial charge on any atom is 0.306 e. The molecule has 0 spiro atoms. The lowest BCUT2D eigenvalue weighted by Crippen LogP contribution is -2.01. The summed E-state index contributed by atoms with van der Waals surface area (Å²) in [4.78, 5) is 10.8. The van der Waals surface area contributed by atoms with Crippen LogP contribution in [0.2, 0.25) is 0 Å². The second-order valence-corrected chi connectivity index (χ2v) is 4.55. The van der Waals surface area contributed by atoms with Crippen molar-refractivity contribution in [3.63, 3.8) is 0 Å². The van der Waals surface area contributed by atoms with Gasteiger partial charge in [-0.15, -0.1) is 0 Å². The second-order valence-electron chi connectivity index (χ2n) is 4.55. The first-order valence-corrected chi connectivity index (χ1v) is 6.69. The van der Waals surface area contributed by atoms with E-state index in [9.17, 15) is 4.79 Å². The van der Waals surface area contributed by atoms with Gasteiger partial charge in [0.25, 0.3) is 0 Å². The van der Waals surface area contributed by atoms with Crippen molar-refractivity contribution in [2.24, 2.45) is 0 Å². The number of carbonyl (C=O) groups is 1. The molecule has 0 unspecified atom stereocenters. The average molecular weight is 224 g/mol. The summed E-state index contributed by atoms with van der Waals surface area (Å²) in [5.74, 6) is -0.0470. The molecule has 0 amide bonds. The van der Waals surface area contributed by atoms with Crippen molar-refractivity contribution < 1.29 is 9.53 Å². The fourth-order valence-corrected chi connectivity index (χ4v) is 1.97. The largest absolute Gasteiger partial charge is 0.458 e. The van der Waals surface area contributed by atoms with E-state index in [1.54, 1.807) is 0 Å². The molecule has 1 aliphatic heterocycles. The van der Waals surface area contributed by atoms with E-state index in [0.717, 1.165) is 12.8 Å². The minimum absolute atomic E-state index is 0.0470. The van der Waals surface area contributed by atoms with Crippen molar-refractivity contribution in [1.29, 1.82) is 0 Å². The molecule has 0 N–H and O–H groups in total. The lowest BCUT2D eigenvalue weighted by molar-refractivity contribution is -0.139. The standard InChI is InChI=1S/C14H24O2/c1-2-3-4-5-6-7-8-9-10-13-11-12-14(15)16-13/h9-10,13H,2-8,11-12H2,1H3/b10-9+/t13-/m0/s1. The third-order valence-electron chi connectivity index (χ3n) is 2.99. The van der Waals surface area contributed by atoms with Gasteiger partial charge in [0.2, 0.25) is 0 Å². The molecule has 0 aromatic carbocycles. The molecule has 1 aliphatic rings. The molecule has 0 aromatic heterocycles. The van der Waals surface area contributed by atoms with Crippen LogP contribution >= 0.6 is 0 Å². The Kier molecular flexibility index (Phi) is 6.95. The minimum atomic E-state index is -0.0470. The average Bonchev–Trinajstić information content (AvgIpc) is 2.68. The summed E-state index contributed by atoms with van der Waals surface area (Å²) >= 11 is 0. The van der Waals surface area contributed by atoms with Crippen molar-refractivity contribution in [3.05, 3.63) is 12.2 Å². The second kappa shape index (κ2) is 8.37. The van der Waals surface area contributed by atoms with Crippen molar-refractivity contribution in [2.75, 3.05) is 0 Å².